The highest BCUT2D eigenvalue weighted by atomic mass is 15.3. The van der Waals surface area contributed by atoms with Gasteiger partial charge in [0.15, 0.2) is 0 Å². The van der Waals surface area contributed by atoms with Gasteiger partial charge in [-0.05, 0) is 24.8 Å². The fraction of sp³-hybridized carbons (Fsp3) is 0.727. The summed E-state index contributed by atoms with van der Waals surface area (Å²) < 4.78 is 1.87. The number of anilines is 1. The first-order chi connectivity index (χ1) is 7.20. The zero-order chi connectivity index (χ0) is 10.7. The Bertz CT molecular complexity index is 312. The SMILES string of the molecule is Cn1nccc1NCC1(C)CCCNC1. The number of nitrogens with one attached hydrogen (secondary N) is 2. The lowest BCUT2D eigenvalue weighted by molar-refractivity contribution is 0.253. The van der Waals surface area contributed by atoms with Crippen LogP contribution in [0.15, 0.2) is 12.3 Å². The molecule has 2 N–H and O–H groups in total. The fourth-order valence-electron chi connectivity index (χ4n) is 2.12. The second-order valence-corrected chi connectivity index (χ2v) is 4.78. The molecule has 0 spiro atoms. The number of nitrogens with zero attached hydrogens (tertiary/aromatic N) is 2. The lowest BCUT2D eigenvalue weighted by Gasteiger charge is -2.34. The van der Waals surface area contributed by atoms with Crippen molar-refractivity contribution in [2.45, 2.75) is 19.8 Å². The molecule has 4 nitrogen and oxygen atoms in total. The molecule has 0 aliphatic carbocycles. The van der Waals surface area contributed by atoms with E-state index in [4.69, 9.17) is 0 Å². The van der Waals surface area contributed by atoms with Crippen LogP contribution < -0.4 is 10.6 Å². The summed E-state index contributed by atoms with van der Waals surface area (Å²) in [5.74, 6) is 1.10. The highest BCUT2D eigenvalue weighted by Gasteiger charge is 2.26. The average molecular weight is 208 g/mol. The van der Waals surface area contributed by atoms with E-state index in [2.05, 4.69) is 22.7 Å². The zero-order valence-corrected chi connectivity index (χ0v) is 9.58. The molecule has 0 amide bonds. The molecule has 1 saturated heterocycles. The molecule has 1 fully saturated rings. The quantitative estimate of drug-likeness (QED) is 0.785. The highest BCUT2D eigenvalue weighted by Crippen LogP contribution is 2.25. The maximum absolute atomic E-state index is 4.14. The van der Waals surface area contributed by atoms with E-state index in [1.165, 1.54) is 19.4 Å². The van der Waals surface area contributed by atoms with Crippen molar-refractivity contribution in [2.24, 2.45) is 12.5 Å². The van der Waals surface area contributed by atoms with Crippen LogP contribution in [0.25, 0.3) is 0 Å². The summed E-state index contributed by atoms with van der Waals surface area (Å²) in [5, 5.41) is 11.1. The summed E-state index contributed by atoms with van der Waals surface area (Å²) in [6.45, 7) is 5.63. The Hall–Kier alpha value is -1.03. The van der Waals surface area contributed by atoms with Crippen LogP contribution in [0.2, 0.25) is 0 Å². The maximum Gasteiger partial charge on any atom is 0.123 e. The molecule has 0 aromatic carbocycles. The van der Waals surface area contributed by atoms with Crippen LogP contribution >= 0.6 is 0 Å². The first-order valence-electron chi connectivity index (χ1n) is 5.62. The average Bonchev–Trinajstić information content (AvgIpc) is 2.62. The van der Waals surface area contributed by atoms with E-state index in [1.807, 2.05) is 24.0 Å². The van der Waals surface area contributed by atoms with E-state index in [0.29, 0.717) is 5.41 Å². The third-order valence-electron chi connectivity index (χ3n) is 3.20. The first-order valence-corrected chi connectivity index (χ1v) is 5.62. The minimum absolute atomic E-state index is 0.377. The molecule has 1 aromatic heterocycles. The van der Waals surface area contributed by atoms with E-state index in [-0.39, 0.29) is 0 Å². The Kier molecular flexibility index (Phi) is 2.95. The predicted molar refractivity (Wildman–Crippen MR) is 61.9 cm³/mol. The Morgan fingerprint density at radius 3 is 3.13 bits per heavy atom. The Morgan fingerprint density at radius 1 is 1.67 bits per heavy atom. The topological polar surface area (TPSA) is 41.9 Å². The van der Waals surface area contributed by atoms with E-state index < -0.39 is 0 Å². The third kappa shape index (κ3) is 2.50. The minimum atomic E-state index is 0.377. The Labute approximate surface area is 91.1 Å². The van der Waals surface area contributed by atoms with Crippen molar-refractivity contribution in [3.8, 4) is 0 Å². The van der Waals surface area contributed by atoms with Crippen LogP contribution in [0.3, 0.4) is 0 Å². The van der Waals surface area contributed by atoms with Gasteiger partial charge < -0.3 is 10.6 Å². The predicted octanol–water partition coefficient (Wildman–Crippen LogP) is 1.22. The molecule has 0 radical (unpaired) electrons. The van der Waals surface area contributed by atoms with Gasteiger partial charge in [0.2, 0.25) is 0 Å². The number of hydrogen-bond donors (Lipinski definition) is 2. The number of rotatable bonds is 3. The fourth-order valence-corrected chi connectivity index (χ4v) is 2.12. The monoisotopic (exact) mass is 208 g/mol. The lowest BCUT2D eigenvalue weighted by atomic mass is 9.83. The molecule has 0 bridgehead atoms. The molecule has 1 aliphatic rings. The van der Waals surface area contributed by atoms with Gasteiger partial charge in [-0.1, -0.05) is 6.92 Å². The van der Waals surface area contributed by atoms with Gasteiger partial charge in [0, 0.05) is 26.2 Å². The molecule has 84 valence electrons. The summed E-state index contributed by atoms with van der Waals surface area (Å²) in [5.41, 5.74) is 0.377. The van der Waals surface area contributed by atoms with Crippen molar-refractivity contribution in [1.82, 2.24) is 15.1 Å². The van der Waals surface area contributed by atoms with Gasteiger partial charge >= 0.3 is 0 Å². The molecule has 0 saturated carbocycles. The van der Waals surface area contributed by atoms with E-state index >= 15 is 0 Å². The van der Waals surface area contributed by atoms with Gasteiger partial charge in [-0.15, -0.1) is 0 Å². The summed E-state index contributed by atoms with van der Waals surface area (Å²) >= 11 is 0. The molecule has 1 aromatic rings. The molecule has 15 heavy (non-hydrogen) atoms. The number of aromatic nitrogens is 2. The van der Waals surface area contributed by atoms with Gasteiger partial charge in [0.05, 0.1) is 6.20 Å². The van der Waals surface area contributed by atoms with Crippen LogP contribution in [-0.2, 0) is 7.05 Å². The number of hydrogen-bond acceptors (Lipinski definition) is 3. The smallest absolute Gasteiger partial charge is 0.123 e. The number of aryl methyl sites for hydroxylation is 1. The van der Waals surface area contributed by atoms with Crippen LogP contribution in [0, 0.1) is 5.41 Å². The van der Waals surface area contributed by atoms with Crippen molar-refractivity contribution < 1.29 is 0 Å². The van der Waals surface area contributed by atoms with Gasteiger partial charge in [-0.2, -0.15) is 5.10 Å². The van der Waals surface area contributed by atoms with Crippen molar-refractivity contribution in [3.63, 3.8) is 0 Å². The number of piperidine rings is 1. The van der Waals surface area contributed by atoms with E-state index in [1.54, 1.807) is 0 Å². The van der Waals surface area contributed by atoms with Crippen LogP contribution in [0.5, 0.6) is 0 Å². The first kappa shape index (κ1) is 10.5. The van der Waals surface area contributed by atoms with Gasteiger partial charge in [-0.3, -0.25) is 4.68 Å². The standard InChI is InChI=1S/C11H20N4/c1-11(5-3-6-12-8-11)9-13-10-4-7-14-15(10)2/h4,7,12-13H,3,5-6,8-9H2,1-2H3. The van der Waals surface area contributed by atoms with Crippen molar-refractivity contribution >= 4 is 5.82 Å². The largest absolute Gasteiger partial charge is 0.370 e. The molecule has 1 atom stereocenters. The third-order valence-corrected chi connectivity index (χ3v) is 3.20. The summed E-state index contributed by atoms with van der Waals surface area (Å²) in [6.07, 6.45) is 4.40. The van der Waals surface area contributed by atoms with Gasteiger partial charge in [0.1, 0.15) is 5.82 Å². The van der Waals surface area contributed by atoms with Gasteiger partial charge in [0.25, 0.3) is 0 Å². The summed E-state index contributed by atoms with van der Waals surface area (Å²) in [4.78, 5) is 0. The van der Waals surface area contributed by atoms with Crippen LogP contribution in [0.4, 0.5) is 5.82 Å². The lowest BCUT2D eigenvalue weighted by Crippen LogP contribution is -2.42. The molecule has 4 heteroatoms. The van der Waals surface area contributed by atoms with Gasteiger partial charge in [-0.25, -0.2) is 0 Å². The summed E-state index contributed by atoms with van der Waals surface area (Å²) in [6, 6.07) is 2.01. The molecule has 2 heterocycles. The second-order valence-electron chi connectivity index (χ2n) is 4.78. The van der Waals surface area contributed by atoms with Crippen LogP contribution in [-0.4, -0.2) is 29.4 Å². The molecule has 2 rings (SSSR count). The molecular formula is C11H20N4. The van der Waals surface area contributed by atoms with Crippen molar-refractivity contribution in [3.05, 3.63) is 12.3 Å². The van der Waals surface area contributed by atoms with E-state index in [0.717, 1.165) is 18.9 Å². The molecular weight excluding hydrogens is 188 g/mol. The van der Waals surface area contributed by atoms with Crippen molar-refractivity contribution in [2.75, 3.05) is 25.0 Å². The van der Waals surface area contributed by atoms with Crippen LogP contribution in [0.1, 0.15) is 19.8 Å². The maximum atomic E-state index is 4.14. The second kappa shape index (κ2) is 4.23. The van der Waals surface area contributed by atoms with Crippen molar-refractivity contribution in [1.29, 1.82) is 0 Å². The molecule has 1 aliphatic heterocycles. The normalized spacial score (nSPS) is 26.5. The Balaban J connectivity index is 1.89. The molecule has 1 unspecified atom stereocenters. The minimum Gasteiger partial charge on any atom is -0.370 e. The Morgan fingerprint density at radius 2 is 2.53 bits per heavy atom. The van der Waals surface area contributed by atoms with E-state index in [9.17, 15) is 0 Å². The summed E-state index contributed by atoms with van der Waals surface area (Å²) in [7, 11) is 1.96. The highest BCUT2D eigenvalue weighted by molar-refractivity contribution is 5.33. The zero-order valence-electron chi connectivity index (χ0n) is 9.58.